The minimum atomic E-state index is 0.437. The number of nitrogens with zero attached hydrogens (tertiary/aromatic N) is 1. The van der Waals surface area contributed by atoms with Gasteiger partial charge in [0.25, 0.3) is 0 Å². The van der Waals surface area contributed by atoms with Crippen molar-refractivity contribution >= 4 is 35.5 Å². The summed E-state index contributed by atoms with van der Waals surface area (Å²) < 4.78 is 11.9. The monoisotopic (exact) mass is 365 g/mol. The van der Waals surface area contributed by atoms with Gasteiger partial charge in [0.1, 0.15) is 26.5 Å². The molecule has 6 heteroatoms. The quantitative estimate of drug-likeness (QED) is 0.381. The molecular formula is C16H21BBrNO3. The zero-order chi connectivity index (χ0) is 15.8. The maximum atomic E-state index is 10.7. The zero-order valence-electron chi connectivity index (χ0n) is 12.7. The lowest BCUT2D eigenvalue weighted by atomic mass is 9.93. The topological polar surface area (TPSA) is 38.8 Å². The maximum Gasteiger partial charge on any atom is 0.150 e. The number of likely N-dealkylation sites (tertiary alicyclic amines) is 1. The summed E-state index contributed by atoms with van der Waals surface area (Å²) in [6, 6.07) is 3.29. The van der Waals surface area contributed by atoms with E-state index in [4.69, 9.17) is 17.3 Å². The van der Waals surface area contributed by atoms with Crippen LogP contribution in [0.5, 0.6) is 5.75 Å². The van der Waals surface area contributed by atoms with Crippen LogP contribution in [0.25, 0.3) is 0 Å². The first-order valence-corrected chi connectivity index (χ1v) is 8.47. The van der Waals surface area contributed by atoms with Crippen LogP contribution in [0.4, 0.5) is 0 Å². The van der Waals surface area contributed by atoms with Crippen LogP contribution < -0.4 is 10.2 Å². The molecule has 118 valence electrons. The van der Waals surface area contributed by atoms with Crippen LogP contribution in [-0.2, 0) is 4.74 Å². The van der Waals surface area contributed by atoms with E-state index in [2.05, 4.69) is 20.8 Å². The van der Waals surface area contributed by atoms with Gasteiger partial charge in [0.15, 0.2) is 0 Å². The van der Waals surface area contributed by atoms with Gasteiger partial charge in [-0.3, -0.25) is 4.79 Å². The summed E-state index contributed by atoms with van der Waals surface area (Å²) in [7, 11) is 5.87. The highest BCUT2D eigenvalue weighted by Crippen LogP contribution is 2.23. The van der Waals surface area contributed by atoms with Crippen LogP contribution in [0.15, 0.2) is 16.6 Å². The molecule has 1 aliphatic heterocycles. The smallest absolute Gasteiger partial charge is 0.150 e. The molecule has 1 saturated heterocycles. The van der Waals surface area contributed by atoms with Crippen molar-refractivity contribution in [2.75, 3.05) is 39.5 Å². The molecule has 0 unspecified atom stereocenters. The van der Waals surface area contributed by atoms with Gasteiger partial charge in [-0.15, -0.1) is 0 Å². The van der Waals surface area contributed by atoms with E-state index in [0.29, 0.717) is 34.5 Å². The third-order valence-electron chi connectivity index (χ3n) is 3.67. The molecule has 1 aliphatic rings. The van der Waals surface area contributed by atoms with Crippen molar-refractivity contribution in [1.82, 2.24) is 4.90 Å². The SMILES string of the molecule is [B]c1cc(C=O)cc(Br)c1OCCOCCCN1CCCC1. The Labute approximate surface area is 141 Å². The Morgan fingerprint density at radius 3 is 2.68 bits per heavy atom. The standard InChI is InChI=1S/C16H21BBrNO3/c17-14-10-13(12-20)11-15(18)16(14)22-9-8-21-7-3-6-19-4-1-2-5-19/h10-12H,1-9H2. The molecule has 2 rings (SSSR count). The van der Waals surface area contributed by atoms with E-state index >= 15 is 0 Å². The third-order valence-corrected chi connectivity index (χ3v) is 4.26. The van der Waals surface area contributed by atoms with Gasteiger partial charge in [-0.05, 0) is 54.3 Å². The highest BCUT2D eigenvalue weighted by Gasteiger charge is 2.10. The number of hydrogen-bond acceptors (Lipinski definition) is 4. The van der Waals surface area contributed by atoms with Crippen molar-refractivity contribution in [1.29, 1.82) is 0 Å². The van der Waals surface area contributed by atoms with E-state index in [-0.39, 0.29) is 0 Å². The second-order valence-electron chi connectivity index (χ2n) is 5.40. The van der Waals surface area contributed by atoms with Gasteiger partial charge in [-0.2, -0.15) is 0 Å². The molecular weight excluding hydrogens is 345 g/mol. The number of rotatable bonds is 9. The third kappa shape index (κ3) is 5.41. The number of ether oxygens (including phenoxy) is 2. The second-order valence-corrected chi connectivity index (χ2v) is 6.26. The molecule has 0 aliphatic carbocycles. The van der Waals surface area contributed by atoms with Crippen LogP contribution in [0, 0.1) is 0 Å². The van der Waals surface area contributed by atoms with Gasteiger partial charge in [0.05, 0.1) is 11.1 Å². The molecule has 1 fully saturated rings. The van der Waals surface area contributed by atoms with Crippen LogP contribution >= 0.6 is 15.9 Å². The van der Waals surface area contributed by atoms with E-state index in [1.165, 1.54) is 25.9 Å². The second kappa shape index (κ2) is 9.33. The Bertz CT molecular complexity index is 469. The summed E-state index contributed by atoms with van der Waals surface area (Å²) in [6.07, 6.45) is 4.47. The molecule has 4 nitrogen and oxygen atoms in total. The predicted octanol–water partition coefficient (Wildman–Crippen LogP) is 1.94. The Morgan fingerprint density at radius 2 is 2.00 bits per heavy atom. The van der Waals surface area contributed by atoms with Crippen molar-refractivity contribution in [2.45, 2.75) is 19.3 Å². The minimum Gasteiger partial charge on any atom is -0.491 e. The molecule has 0 amide bonds. The summed E-state index contributed by atoms with van der Waals surface area (Å²) in [5.74, 6) is 0.561. The Hall–Kier alpha value is -0.845. The van der Waals surface area contributed by atoms with Gasteiger partial charge in [-0.1, -0.05) is 11.5 Å². The van der Waals surface area contributed by atoms with E-state index in [0.717, 1.165) is 25.9 Å². The van der Waals surface area contributed by atoms with Crippen LogP contribution in [0.3, 0.4) is 0 Å². The fourth-order valence-electron chi connectivity index (χ4n) is 2.56. The number of hydrogen-bond donors (Lipinski definition) is 0. The Morgan fingerprint density at radius 1 is 1.23 bits per heavy atom. The summed E-state index contributed by atoms with van der Waals surface area (Å²) in [5, 5.41) is 0. The number of benzene rings is 1. The molecule has 1 heterocycles. The van der Waals surface area contributed by atoms with E-state index < -0.39 is 0 Å². The Kier molecular flexibility index (Phi) is 7.42. The number of aldehydes is 1. The molecule has 0 saturated carbocycles. The molecule has 0 bridgehead atoms. The molecule has 1 aromatic rings. The lowest BCUT2D eigenvalue weighted by Gasteiger charge is -2.15. The van der Waals surface area contributed by atoms with Crippen molar-refractivity contribution in [3.8, 4) is 5.75 Å². The lowest BCUT2D eigenvalue weighted by Crippen LogP contribution is -2.22. The van der Waals surface area contributed by atoms with Gasteiger partial charge in [-0.25, -0.2) is 0 Å². The number of halogens is 1. The molecule has 1 aromatic carbocycles. The first-order valence-electron chi connectivity index (χ1n) is 7.68. The molecule has 0 atom stereocenters. The average Bonchev–Trinajstić information content (AvgIpc) is 3.01. The van der Waals surface area contributed by atoms with Gasteiger partial charge in [0, 0.05) is 18.7 Å². The normalized spacial score (nSPS) is 15.1. The summed E-state index contributed by atoms with van der Waals surface area (Å²) >= 11 is 3.36. The predicted molar refractivity (Wildman–Crippen MR) is 91.5 cm³/mol. The largest absolute Gasteiger partial charge is 0.491 e. The van der Waals surface area contributed by atoms with Crippen molar-refractivity contribution < 1.29 is 14.3 Å². The molecule has 0 spiro atoms. The van der Waals surface area contributed by atoms with Gasteiger partial charge in [0.2, 0.25) is 0 Å². The average molecular weight is 366 g/mol. The van der Waals surface area contributed by atoms with E-state index in [1.54, 1.807) is 12.1 Å². The van der Waals surface area contributed by atoms with Gasteiger partial charge >= 0.3 is 0 Å². The Balaban J connectivity index is 1.61. The summed E-state index contributed by atoms with van der Waals surface area (Å²) in [4.78, 5) is 13.2. The molecule has 22 heavy (non-hydrogen) atoms. The number of carbonyl (C=O) groups is 1. The zero-order valence-corrected chi connectivity index (χ0v) is 14.3. The van der Waals surface area contributed by atoms with Crippen LogP contribution in [0.1, 0.15) is 29.6 Å². The fourth-order valence-corrected chi connectivity index (χ4v) is 3.17. The van der Waals surface area contributed by atoms with E-state index in [9.17, 15) is 4.79 Å². The van der Waals surface area contributed by atoms with Crippen molar-refractivity contribution in [3.63, 3.8) is 0 Å². The molecule has 2 radical (unpaired) electrons. The van der Waals surface area contributed by atoms with Crippen molar-refractivity contribution in [3.05, 3.63) is 22.2 Å². The maximum absolute atomic E-state index is 10.7. The van der Waals surface area contributed by atoms with Crippen LogP contribution in [-0.4, -0.2) is 58.5 Å². The first-order chi connectivity index (χ1) is 10.7. The highest BCUT2D eigenvalue weighted by molar-refractivity contribution is 9.10. The van der Waals surface area contributed by atoms with Crippen molar-refractivity contribution in [2.24, 2.45) is 0 Å². The highest BCUT2D eigenvalue weighted by atomic mass is 79.9. The molecule has 0 N–H and O–H groups in total. The first kappa shape index (κ1) is 17.5. The van der Waals surface area contributed by atoms with Crippen LogP contribution in [0.2, 0.25) is 0 Å². The minimum absolute atomic E-state index is 0.437. The van der Waals surface area contributed by atoms with Gasteiger partial charge < -0.3 is 14.4 Å². The fraction of sp³-hybridized carbons (Fsp3) is 0.562. The summed E-state index contributed by atoms with van der Waals surface area (Å²) in [5.41, 5.74) is 0.973. The summed E-state index contributed by atoms with van der Waals surface area (Å²) in [6.45, 7) is 5.29. The molecule has 0 aromatic heterocycles. The van der Waals surface area contributed by atoms with E-state index in [1.807, 2.05) is 0 Å². The number of carbonyl (C=O) groups excluding carboxylic acids is 1. The lowest BCUT2D eigenvalue weighted by molar-refractivity contribution is 0.0933.